The van der Waals surface area contributed by atoms with Crippen molar-refractivity contribution in [3.8, 4) is 0 Å². The van der Waals surface area contributed by atoms with E-state index in [1.54, 1.807) is 0 Å². The second-order valence-corrected chi connectivity index (χ2v) is 9.99. The van der Waals surface area contributed by atoms with Gasteiger partial charge >= 0.3 is 11.9 Å². The number of benzene rings is 1. The number of carbonyl (C=O) groups excluding carboxylic acids is 2. The predicted molar refractivity (Wildman–Crippen MR) is 150 cm³/mol. The van der Waals surface area contributed by atoms with Crippen LogP contribution in [0.3, 0.4) is 0 Å². The second-order valence-electron chi connectivity index (χ2n) is 9.99. The number of unbranched alkanes of at least 4 members (excludes halogenated alkanes) is 11. The summed E-state index contributed by atoms with van der Waals surface area (Å²) in [6.07, 6.45) is 22.8. The van der Waals surface area contributed by atoms with Crippen LogP contribution in [0.25, 0.3) is 0 Å². The Morgan fingerprint density at radius 3 is 2.22 bits per heavy atom. The van der Waals surface area contributed by atoms with Crippen LogP contribution in [0.15, 0.2) is 36.4 Å². The third kappa shape index (κ3) is 16.5. The maximum atomic E-state index is 12.2. The van der Waals surface area contributed by atoms with Crippen LogP contribution < -0.4 is 0 Å². The molecule has 0 aliphatic carbocycles. The van der Waals surface area contributed by atoms with E-state index in [0.29, 0.717) is 18.6 Å². The lowest BCUT2D eigenvalue weighted by molar-refractivity contribution is -0.149. The van der Waals surface area contributed by atoms with Crippen LogP contribution in [0.2, 0.25) is 0 Å². The quantitative estimate of drug-likeness (QED) is 0.0904. The number of aryl methyl sites for hydroxylation is 1. The van der Waals surface area contributed by atoms with Crippen molar-refractivity contribution in [2.75, 3.05) is 6.61 Å². The Balaban J connectivity index is 2.10. The van der Waals surface area contributed by atoms with Gasteiger partial charge in [0, 0.05) is 12.8 Å². The van der Waals surface area contributed by atoms with E-state index in [9.17, 15) is 9.59 Å². The fourth-order valence-corrected chi connectivity index (χ4v) is 4.27. The zero-order valence-corrected chi connectivity index (χ0v) is 23.4. The summed E-state index contributed by atoms with van der Waals surface area (Å²) in [5.41, 5.74) is 1.63. The van der Waals surface area contributed by atoms with Gasteiger partial charge in [0.15, 0.2) is 0 Å². The first-order valence-electron chi connectivity index (χ1n) is 14.7. The molecule has 0 aromatic heterocycles. The minimum Gasteiger partial charge on any atom is -0.462 e. The molecule has 0 fully saturated rings. The van der Waals surface area contributed by atoms with Crippen molar-refractivity contribution in [1.29, 1.82) is 0 Å². The lowest BCUT2D eigenvalue weighted by Crippen LogP contribution is -2.17. The van der Waals surface area contributed by atoms with Gasteiger partial charge in [-0.3, -0.25) is 4.79 Å². The molecule has 36 heavy (non-hydrogen) atoms. The highest BCUT2D eigenvalue weighted by molar-refractivity contribution is 5.90. The first-order chi connectivity index (χ1) is 17.6. The van der Waals surface area contributed by atoms with Gasteiger partial charge in [0.05, 0.1) is 12.2 Å². The van der Waals surface area contributed by atoms with Crippen LogP contribution in [0.1, 0.15) is 139 Å². The molecule has 1 rings (SSSR count). The molecule has 0 unspecified atom stereocenters. The average Bonchev–Trinajstić information content (AvgIpc) is 2.87. The minimum atomic E-state index is -0.214. The van der Waals surface area contributed by atoms with Gasteiger partial charge in [-0.1, -0.05) is 102 Å². The van der Waals surface area contributed by atoms with Crippen molar-refractivity contribution >= 4 is 11.9 Å². The Morgan fingerprint density at radius 2 is 1.47 bits per heavy atom. The highest BCUT2D eigenvalue weighted by Gasteiger charge is 2.13. The zero-order valence-electron chi connectivity index (χ0n) is 23.4. The molecule has 0 saturated heterocycles. The molecule has 0 spiro atoms. The lowest BCUT2D eigenvalue weighted by atomic mass is 10.1. The molecule has 0 heterocycles. The average molecular weight is 501 g/mol. The summed E-state index contributed by atoms with van der Waals surface area (Å²) >= 11 is 0. The van der Waals surface area contributed by atoms with Gasteiger partial charge < -0.3 is 9.47 Å². The van der Waals surface area contributed by atoms with E-state index in [-0.39, 0.29) is 18.0 Å². The van der Waals surface area contributed by atoms with Gasteiger partial charge in [-0.05, 0) is 57.1 Å². The van der Waals surface area contributed by atoms with E-state index in [4.69, 9.17) is 9.47 Å². The van der Waals surface area contributed by atoms with Crippen molar-refractivity contribution in [2.45, 2.75) is 136 Å². The van der Waals surface area contributed by atoms with Gasteiger partial charge in [-0.25, -0.2) is 4.79 Å². The molecular formula is C32H52O4. The van der Waals surface area contributed by atoms with E-state index in [1.807, 2.05) is 31.2 Å². The zero-order chi connectivity index (χ0) is 26.3. The third-order valence-electron chi connectivity index (χ3n) is 6.59. The fourth-order valence-electron chi connectivity index (χ4n) is 4.27. The Morgan fingerprint density at radius 1 is 0.806 bits per heavy atom. The SMILES string of the molecule is CCCCCC[C@H](C/C=C\CCCCCCCCOC(=O)c1ccccc1C)OC(=O)CCCCC. The Bertz CT molecular complexity index is 725. The van der Waals surface area contributed by atoms with Crippen LogP contribution in [0.4, 0.5) is 0 Å². The molecule has 1 aromatic rings. The monoisotopic (exact) mass is 500 g/mol. The number of carbonyl (C=O) groups is 2. The summed E-state index contributed by atoms with van der Waals surface area (Å²) in [6.45, 7) is 6.81. The van der Waals surface area contributed by atoms with Crippen LogP contribution in [0, 0.1) is 6.92 Å². The molecule has 0 radical (unpaired) electrons. The van der Waals surface area contributed by atoms with Crippen LogP contribution in [-0.4, -0.2) is 24.6 Å². The molecule has 4 heteroatoms. The Hall–Kier alpha value is -2.10. The topological polar surface area (TPSA) is 52.6 Å². The molecule has 0 saturated carbocycles. The predicted octanol–water partition coefficient (Wildman–Crippen LogP) is 9.29. The van der Waals surface area contributed by atoms with Crippen molar-refractivity contribution in [3.05, 3.63) is 47.5 Å². The number of hydrogen-bond donors (Lipinski definition) is 0. The minimum absolute atomic E-state index is 0.0257. The maximum Gasteiger partial charge on any atom is 0.338 e. The van der Waals surface area contributed by atoms with Gasteiger partial charge in [0.25, 0.3) is 0 Å². The molecule has 0 aliphatic rings. The smallest absolute Gasteiger partial charge is 0.338 e. The summed E-state index contributed by atoms with van der Waals surface area (Å²) in [5, 5.41) is 0. The molecule has 0 bridgehead atoms. The largest absolute Gasteiger partial charge is 0.462 e. The van der Waals surface area contributed by atoms with Crippen molar-refractivity contribution < 1.29 is 19.1 Å². The molecule has 1 atom stereocenters. The van der Waals surface area contributed by atoms with Crippen molar-refractivity contribution in [3.63, 3.8) is 0 Å². The van der Waals surface area contributed by atoms with Gasteiger partial charge in [0.1, 0.15) is 6.10 Å². The molecule has 204 valence electrons. The summed E-state index contributed by atoms with van der Waals surface area (Å²) in [5.74, 6) is -0.239. The van der Waals surface area contributed by atoms with Crippen LogP contribution in [0.5, 0.6) is 0 Å². The first kappa shape index (κ1) is 31.9. The highest BCUT2D eigenvalue weighted by atomic mass is 16.5. The molecule has 1 aromatic carbocycles. The summed E-state index contributed by atoms with van der Waals surface area (Å²) < 4.78 is 11.2. The summed E-state index contributed by atoms with van der Waals surface area (Å²) in [6, 6.07) is 7.56. The lowest BCUT2D eigenvalue weighted by Gasteiger charge is -2.16. The highest BCUT2D eigenvalue weighted by Crippen LogP contribution is 2.15. The molecule has 0 N–H and O–H groups in total. The van der Waals surface area contributed by atoms with Crippen LogP contribution in [-0.2, 0) is 14.3 Å². The second kappa shape index (κ2) is 22.1. The summed E-state index contributed by atoms with van der Waals surface area (Å²) in [4.78, 5) is 24.3. The van der Waals surface area contributed by atoms with Crippen molar-refractivity contribution in [2.24, 2.45) is 0 Å². The van der Waals surface area contributed by atoms with Crippen LogP contribution >= 0.6 is 0 Å². The van der Waals surface area contributed by atoms with Gasteiger partial charge in [0.2, 0.25) is 0 Å². The first-order valence-corrected chi connectivity index (χ1v) is 14.7. The maximum absolute atomic E-state index is 12.2. The number of rotatable bonds is 22. The standard InChI is InChI=1S/C32H52O4/c1-4-6-8-17-23-29(36-31(33)26-16-7-5-2)24-18-14-12-10-9-11-13-15-21-27-35-32(34)30-25-20-19-22-28(30)3/h14,18-20,22,25,29H,4-13,15-17,21,23-24,26-27H2,1-3H3/b18-14-/t29-/m1/s1. The number of esters is 2. The Labute approximate surface area is 221 Å². The summed E-state index contributed by atoms with van der Waals surface area (Å²) in [7, 11) is 0. The van der Waals surface area contributed by atoms with E-state index in [1.165, 1.54) is 44.9 Å². The molecule has 0 amide bonds. The van der Waals surface area contributed by atoms with E-state index >= 15 is 0 Å². The molecular weight excluding hydrogens is 448 g/mol. The van der Waals surface area contributed by atoms with E-state index in [0.717, 1.165) is 63.4 Å². The van der Waals surface area contributed by atoms with E-state index in [2.05, 4.69) is 26.0 Å². The number of ether oxygens (including phenoxy) is 2. The fraction of sp³-hybridized carbons (Fsp3) is 0.688. The number of hydrogen-bond acceptors (Lipinski definition) is 4. The van der Waals surface area contributed by atoms with Gasteiger partial charge in [-0.15, -0.1) is 0 Å². The third-order valence-corrected chi connectivity index (χ3v) is 6.59. The molecule has 4 nitrogen and oxygen atoms in total. The molecule has 0 aliphatic heterocycles. The van der Waals surface area contributed by atoms with E-state index < -0.39 is 0 Å². The number of allylic oxidation sites excluding steroid dienone is 1. The van der Waals surface area contributed by atoms with Crippen molar-refractivity contribution in [1.82, 2.24) is 0 Å². The normalized spacial score (nSPS) is 12.1. The Kier molecular flexibility index (Phi) is 19.6. The van der Waals surface area contributed by atoms with Gasteiger partial charge in [-0.2, -0.15) is 0 Å².